The normalized spacial score (nSPS) is 24.3. The van der Waals surface area contributed by atoms with Gasteiger partial charge in [-0.2, -0.15) is 0 Å². The minimum atomic E-state index is 0.385. The van der Waals surface area contributed by atoms with Crippen LogP contribution >= 0.6 is 0 Å². The monoisotopic (exact) mass is 266 g/mol. The number of amides is 1. The highest BCUT2D eigenvalue weighted by Crippen LogP contribution is 2.27. The van der Waals surface area contributed by atoms with Crippen molar-refractivity contribution in [3.8, 4) is 0 Å². The number of rotatable bonds is 5. The molecule has 1 heterocycles. The number of nitrogens with zero attached hydrogens (tertiary/aromatic N) is 1. The van der Waals surface area contributed by atoms with Gasteiger partial charge in [-0.3, -0.25) is 4.79 Å². The predicted octanol–water partition coefficient (Wildman–Crippen LogP) is 2.95. The number of hydrogen-bond donors (Lipinski definition) is 1. The summed E-state index contributed by atoms with van der Waals surface area (Å²) in [6, 6.07) is 0.521. The van der Waals surface area contributed by atoms with E-state index in [-0.39, 0.29) is 0 Å². The molecule has 0 spiro atoms. The fourth-order valence-corrected chi connectivity index (χ4v) is 3.65. The van der Waals surface area contributed by atoms with Crippen molar-refractivity contribution in [3.05, 3.63) is 0 Å². The smallest absolute Gasteiger partial charge is 0.222 e. The molecular formula is C16H30N2O. The lowest BCUT2D eigenvalue weighted by molar-refractivity contribution is -0.131. The quantitative estimate of drug-likeness (QED) is 0.830. The van der Waals surface area contributed by atoms with E-state index in [1.807, 2.05) is 0 Å². The van der Waals surface area contributed by atoms with E-state index in [2.05, 4.69) is 17.1 Å². The van der Waals surface area contributed by atoms with Gasteiger partial charge in [-0.25, -0.2) is 0 Å². The molecule has 0 bridgehead atoms. The van der Waals surface area contributed by atoms with Gasteiger partial charge in [0, 0.05) is 25.6 Å². The first kappa shape index (κ1) is 14.8. The minimum Gasteiger partial charge on any atom is -0.341 e. The lowest BCUT2D eigenvalue weighted by Crippen LogP contribution is -2.47. The summed E-state index contributed by atoms with van der Waals surface area (Å²) in [4.78, 5) is 14.3. The maximum absolute atomic E-state index is 12.1. The van der Waals surface area contributed by atoms with Gasteiger partial charge in [0.25, 0.3) is 0 Å². The van der Waals surface area contributed by atoms with Crippen molar-refractivity contribution in [2.45, 2.75) is 70.8 Å². The molecule has 3 nitrogen and oxygen atoms in total. The van der Waals surface area contributed by atoms with Crippen LogP contribution in [0.25, 0.3) is 0 Å². The number of hydrogen-bond acceptors (Lipinski definition) is 2. The average Bonchev–Trinajstić information content (AvgIpc) is 2.64. The van der Waals surface area contributed by atoms with Gasteiger partial charge in [0.2, 0.25) is 5.91 Å². The van der Waals surface area contributed by atoms with Crippen molar-refractivity contribution in [2.75, 3.05) is 19.6 Å². The van der Waals surface area contributed by atoms with Crippen molar-refractivity contribution < 1.29 is 4.79 Å². The standard InChI is InChI=1S/C16H30N2O/c1-2-17-15(14-9-5-3-6-10-14)13-18-12-8-4-7-11-16(18)19/h14-15,17H,2-13H2,1H3. The predicted molar refractivity (Wildman–Crippen MR) is 79.1 cm³/mol. The zero-order valence-corrected chi connectivity index (χ0v) is 12.5. The van der Waals surface area contributed by atoms with Crippen LogP contribution in [0.5, 0.6) is 0 Å². The van der Waals surface area contributed by atoms with Gasteiger partial charge in [0.15, 0.2) is 0 Å². The maximum Gasteiger partial charge on any atom is 0.222 e. The van der Waals surface area contributed by atoms with Crippen molar-refractivity contribution in [1.82, 2.24) is 10.2 Å². The summed E-state index contributed by atoms with van der Waals surface area (Å²) in [7, 11) is 0. The Hall–Kier alpha value is -0.570. The Balaban J connectivity index is 1.92. The molecule has 1 atom stereocenters. The summed E-state index contributed by atoms with van der Waals surface area (Å²) in [5, 5.41) is 3.65. The second-order valence-electron chi connectivity index (χ2n) is 6.21. The Morgan fingerprint density at radius 2 is 1.89 bits per heavy atom. The molecule has 1 amide bonds. The summed E-state index contributed by atoms with van der Waals surface area (Å²) in [6.45, 7) is 5.12. The molecule has 0 aromatic carbocycles. The highest BCUT2D eigenvalue weighted by molar-refractivity contribution is 5.76. The van der Waals surface area contributed by atoms with E-state index >= 15 is 0 Å². The fourth-order valence-electron chi connectivity index (χ4n) is 3.65. The van der Waals surface area contributed by atoms with Crippen LogP contribution in [0, 0.1) is 5.92 Å². The van der Waals surface area contributed by atoms with Crippen LogP contribution in [0.1, 0.15) is 64.7 Å². The van der Waals surface area contributed by atoms with Gasteiger partial charge in [-0.05, 0) is 38.1 Å². The molecule has 3 heteroatoms. The summed E-state index contributed by atoms with van der Waals surface area (Å²) in [5.41, 5.74) is 0. The van der Waals surface area contributed by atoms with E-state index in [1.54, 1.807) is 0 Å². The molecule has 19 heavy (non-hydrogen) atoms. The number of likely N-dealkylation sites (N-methyl/N-ethyl adjacent to an activating group) is 1. The van der Waals surface area contributed by atoms with Crippen molar-refractivity contribution >= 4 is 5.91 Å². The molecule has 2 aliphatic rings. The first-order chi connectivity index (χ1) is 9.31. The zero-order valence-electron chi connectivity index (χ0n) is 12.5. The molecule has 1 N–H and O–H groups in total. The first-order valence-corrected chi connectivity index (χ1v) is 8.32. The van der Waals surface area contributed by atoms with Crippen molar-refractivity contribution in [3.63, 3.8) is 0 Å². The Labute approximate surface area is 118 Å². The van der Waals surface area contributed by atoms with Crippen LogP contribution in [0.3, 0.4) is 0 Å². The molecule has 2 fully saturated rings. The van der Waals surface area contributed by atoms with Crippen LogP contribution in [0.15, 0.2) is 0 Å². The summed E-state index contributed by atoms with van der Waals surface area (Å²) in [5.74, 6) is 1.17. The molecule has 1 aliphatic carbocycles. The number of likely N-dealkylation sites (tertiary alicyclic amines) is 1. The van der Waals surface area contributed by atoms with Crippen LogP contribution in [0.2, 0.25) is 0 Å². The first-order valence-electron chi connectivity index (χ1n) is 8.32. The fraction of sp³-hybridized carbons (Fsp3) is 0.938. The second-order valence-corrected chi connectivity index (χ2v) is 6.21. The Morgan fingerprint density at radius 1 is 1.16 bits per heavy atom. The third-order valence-electron chi connectivity index (χ3n) is 4.77. The highest BCUT2D eigenvalue weighted by Gasteiger charge is 2.27. The minimum absolute atomic E-state index is 0.385. The summed E-state index contributed by atoms with van der Waals surface area (Å²) < 4.78 is 0. The van der Waals surface area contributed by atoms with Crippen LogP contribution in [-0.4, -0.2) is 36.5 Å². The second kappa shape index (κ2) is 7.88. The summed E-state index contributed by atoms with van der Waals surface area (Å²) >= 11 is 0. The summed E-state index contributed by atoms with van der Waals surface area (Å²) in [6.07, 6.45) is 11.1. The molecular weight excluding hydrogens is 236 g/mol. The zero-order chi connectivity index (χ0) is 13.5. The third kappa shape index (κ3) is 4.48. The van der Waals surface area contributed by atoms with E-state index < -0.39 is 0 Å². The SMILES string of the molecule is CCNC(CN1CCCCCC1=O)C1CCCCC1. The molecule has 110 valence electrons. The van der Waals surface area contributed by atoms with Gasteiger partial charge >= 0.3 is 0 Å². The topological polar surface area (TPSA) is 32.3 Å². The number of nitrogens with one attached hydrogen (secondary N) is 1. The van der Waals surface area contributed by atoms with E-state index in [9.17, 15) is 4.79 Å². The number of carbonyl (C=O) groups is 1. The van der Waals surface area contributed by atoms with E-state index in [1.165, 1.54) is 44.9 Å². The van der Waals surface area contributed by atoms with Crippen molar-refractivity contribution in [1.29, 1.82) is 0 Å². The lowest BCUT2D eigenvalue weighted by atomic mass is 9.83. The number of carbonyl (C=O) groups excluding carboxylic acids is 1. The van der Waals surface area contributed by atoms with Gasteiger partial charge in [-0.15, -0.1) is 0 Å². The van der Waals surface area contributed by atoms with Gasteiger partial charge < -0.3 is 10.2 Å². The Bertz CT molecular complexity index is 274. The average molecular weight is 266 g/mol. The molecule has 1 saturated heterocycles. The van der Waals surface area contributed by atoms with Gasteiger partial charge in [0.05, 0.1) is 0 Å². The van der Waals surface area contributed by atoms with Crippen molar-refractivity contribution in [2.24, 2.45) is 5.92 Å². The molecule has 0 aromatic heterocycles. The molecule has 1 unspecified atom stereocenters. The van der Waals surface area contributed by atoms with E-state index in [0.29, 0.717) is 11.9 Å². The molecule has 2 rings (SSSR count). The largest absolute Gasteiger partial charge is 0.341 e. The Kier molecular flexibility index (Phi) is 6.15. The van der Waals surface area contributed by atoms with Gasteiger partial charge in [0.1, 0.15) is 0 Å². The van der Waals surface area contributed by atoms with Crippen LogP contribution < -0.4 is 5.32 Å². The molecule has 0 radical (unpaired) electrons. The van der Waals surface area contributed by atoms with Crippen LogP contribution in [-0.2, 0) is 4.79 Å². The van der Waals surface area contributed by atoms with E-state index in [4.69, 9.17) is 0 Å². The Morgan fingerprint density at radius 3 is 2.63 bits per heavy atom. The molecule has 1 saturated carbocycles. The third-order valence-corrected chi connectivity index (χ3v) is 4.77. The maximum atomic E-state index is 12.1. The lowest BCUT2D eigenvalue weighted by Gasteiger charge is -2.34. The van der Waals surface area contributed by atoms with E-state index in [0.717, 1.165) is 38.4 Å². The van der Waals surface area contributed by atoms with Gasteiger partial charge in [-0.1, -0.05) is 32.6 Å². The van der Waals surface area contributed by atoms with Crippen LogP contribution in [0.4, 0.5) is 0 Å². The molecule has 0 aromatic rings. The molecule has 1 aliphatic heterocycles. The highest BCUT2D eigenvalue weighted by atomic mass is 16.2.